The van der Waals surface area contributed by atoms with Crippen LogP contribution in [0.5, 0.6) is 0 Å². The van der Waals surface area contributed by atoms with Gasteiger partial charge in [0.2, 0.25) is 0 Å². The maximum Gasteiger partial charge on any atom is 0.309 e. The standard InChI is InChI=1S/C8H15O4PS/c1-3-10-13(14,11-4-2)6-7-5-8(9)12-7/h7H,3-6H2,1-2H3. The quantitative estimate of drug-likeness (QED) is 0.520. The zero-order valence-electron chi connectivity index (χ0n) is 8.39. The van der Waals surface area contributed by atoms with E-state index in [0.29, 0.717) is 25.8 Å². The number of esters is 1. The van der Waals surface area contributed by atoms with Gasteiger partial charge < -0.3 is 13.8 Å². The van der Waals surface area contributed by atoms with Crippen LogP contribution in [0.2, 0.25) is 0 Å². The minimum absolute atomic E-state index is 0.0913. The molecule has 0 radical (unpaired) electrons. The molecule has 1 unspecified atom stereocenters. The van der Waals surface area contributed by atoms with Crippen LogP contribution in [0.1, 0.15) is 20.3 Å². The Morgan fingerprint density at radius 2 is 2.00 bits per heavy atom. The third-order valence-electron chi connectivity index (χ3n) is 1.77. The molecule has 1 aliphatic rings. The van der Waals surface area contributed by atoms with Crippen molar-refractivity contribution < 1.29 is 18.6 Å². The lowest BCUT2D eigenvalue weighted by Crippen LogP contribution is -2.35. The predicted octanol–water partition coefficient (Wildman–Crippen LogP) is 1.68. The average molecular weight is 238 g/mol. The number of cyclic esters (lactones) is 1. The van der Waals surface area contributed by atoms with Crippen molar-refractivity contribution in [3.05, 3.63) is 0 Å². The van der Waals surface area contributed by atoms with E-state index in [-0.39, 0.29) is 12.1 Å². The summed E-state index contributed by atoms with van der Waals surface area (Å²) in [6.07, 6.45) is 0.889. The number of rotatable bonds is 6. The molecule has 1 saturated heterocycles. The molecule has 0 aromatic heterocycles. The molecule has 82 valence electrons. The highest BCUT2D eigenvalue weighted by atomic mass is 32.5. The van der Waals surface area contributed by atoms with Crippen LogP contribution < -0.4 is 0 Å². The molecule has 14 heavy (non-hydrogen) atoms. The van der Waals surface area contributed by atoms with Gasteiger partial charge in [-0.05, 0) is 25.7 Å². The number of carbonyl (C=O) groups is 1. The molecule has 0 aromatic rings. The zero-order valence-corrected chi connectivity index (χ0v) is 10.1. The van der Waals surface area contributed by atoms with Gasteiger partial charge >= 0.3 is 5.97 Å². The van der Waals surface area contributed by atoms with Crippen molar-refractivity contribution in [3.63, 3.8) is 0 Å². The summed E-state index contributed by atoms with van der Waals surface area (Å²) < 4.78 is 15.7. The Kier molecular flexibility index (Phi) is 4.51. The maximum absolute atomic E-state index is 10.6. The largest absolute Gasteiger partial charge is 0.461 e. The van der Waals surface area contributed by atoms with Gasteiger partial charge in [-0.3, -0.25) is 4.79 Å². The minimum Gasteiger partial charge on any atom is -0.461 e. The molecule has 0 saturated carbocycles. The van der Waals surface area contributed by atoms with E-state index in [0.717, 1.165) is 0 Å². The van der Waals surface area contributed by atoms with Gasteiger partial charge in [0.05, 0.1) is 25.8 Å². The first kappa shape index (κ1) is 12.1. The SMILES string of the molecule is CCOP(=S)(CC1CC(=O)O1)OCC. The smallest absolute Gasteiger partial charge is 0.309 e. The molecule has 0 aromatic carbocycles. The van der Waals surface area contributed by atoms with Crippen molar-refractivity contribution in [3.8, 4) is 0 Å². The Hall–Kier alpha value is 0.0400. The Morgan fingerprint density at radius 3 is 2.36 bits per heavy atom. The Morgan fingerprint density at radius 1 is 1.50 bits per heavy atom. The lowest BCUT2D eigenvalue weighted by atomic mass is 10.2. The van der Waals surface area contributed by atoms with Crippen LogP contribution in [0.3, 0.4) is 0 Å². The Balaban J connectivity index is 2.42. The fraction of sp³-hybridized carbons (Fsp3) is 0.875. The summed E-state index contributed by atoms with van der Waals surface area (Å²) in [4.78, 5) is 10.6. The van der Waals surface area contributed by atoms with Gasteiger partial charge in [0.25, 0.3) is 0 Å². The van der Waals surface area contributed by atoms with Crippen LogP contribution in [-0.2, 0) is 30.4 Å². The van der Waals surface area contributed by atoms with Crippen LogP contribution >= 0.6 is 6.49 Å². The molecule has 1 heterocycles. The van der Waals surface area contributed by atoms with Crippen LogP contribution in [0, 0.1) is 0 Å². The van der Waals surface area contributed by atoms with E-state index in [1.54, 1.807) is 0 Å². The maximum atomic E-state index is 10.6. The lowest BCUT2D eigenvalue weighted by Gasteiger charge is -2.30. The number of carbonyl (C=O) groups excluding carboxylic acids is 1. The molecule has 0 N–H and O–H groups in total. The molecule has 1 rings (SSSR count). The summed E-state index contributed by atoms with van der Waals surface area (Å²) >= 11 is 5.29. The lowest BCUT2D eigenvalue weighted by molar-refractivity contribution is -0.167. The third kappa shape index (κ3) is 3.31. The van der Waals surface area contributed by atoms with Gasteiger partial charge in [0.15, 0.2) is 6.49 Å². The number of hydrogen-bond acceptors (Lipinski definition) is 5. The van der Waals surface area contributed by atoms with Gasteiger partial charge in [-0.2, -0.15) is 0 Å². The average Bonchev–Trinajstić information content (AvgIpc) is 2.02. The monoisotopic (exact) mass is 238 g/mol. The van der Waals surface area contributed by atoms with Crippen molar-refractivity contribution in [1.29, 1.82) is 0 Å². The van der Waals surface area contributed by atoms with Crippen LogP contribution in [0.15, 0.2) is 0 Å². The molecular weight excluding hydrogens is 223 g/mol. The summed E-state index contributed by atoms with van der Waals surface area (Å²) in [7, 11) is 0. The van der Waals surface area contributed by atoms with Crippen molar-refractivity contribution >= 4 is 24.3 Å². The molecule has 0 bridgehead atoms. The van der Waals surface area contributed by atoms with Crippen molar-refractivity contribution in [1.82, 2.24) is 0 Å². The molecule has 6 heteroatoms. The first-order valence-electron chi connectivity index (χ1n) is 4.67. The topological polar surface area (TPSA) is 44.8 Å². The number of ether oxygens (including phenoxy) is 1. The minimum atomic E-state index is -2.21. The van der Waals surface area contributed by atoms with E-state index in [2.05, 4.69) is 0 Å². The van der Waals surface area contributed by atoms with E-state index in [4.69, 9.17) is 25.6 Å². The highest BCUT2D eigenvalue weighted by Gasteiger charge is 2.34. The molecule has 0 spiro atoms. The van der Waals surface area contributed by atoms with Crippen molar-refractivity contribution in [2.24, 2.45) is 0 Å². The van der Waals surface area contributed by atoms with Gasteiger partial charge in [-0.25, -0.2) is 0 Å². The summed E-state index contributed by atoms with van der Waals surface area (Å²) in [6, 6.07) is 0. The number of hydrogen-bond donors (Lipinski definition) is 0. The molecule has 0 amide bonds. The first-order valence-corrected chi connectivity index (χ1v) is 7.49. The van der Waals surface area contributed by atoms with Gasteiger partial charge in [-0.1, -0.05) is 0 Å². The summed E-state index contributed by atoms with van der Waals surface area (Å²) in [5.74, 6) is -0.162. The fourth-order valence-electron chi connectivity index (χ4n) is 1.25. The predicted molar refractivity (Wildman–Crippen MR) is 56.9 cm³/mol. The van der Waals surface area contributed by atoms with E-state index in [1.165, 1.54) is 0 Å². The molecule has 4 nitrogen and oxygen atoms in total. The van der Waals surface area contributed by atoms with E-state index in [9.17, 15) is 4.79 Å². The van der Waals surface area contributed by atoms with E-state index in [1.807, 2.05) is 13.8 Å². The van der Waals surface area contributed by atoms with Crippen molar-refractivity contribution in [2.45, 2.75) is 26.4 Å². The molecule has 1 atom stereocenters. The Bertz CT molecular complexity index is 238. The second kappa shape index (κ2) is 5.21. The second-order valence-corrected chi connectivity index (χ2v) is 6.72. The molecule has 1 fully saturated rings. The fourth-order valence-corrected chi connectivity index (χ4v) is 4.16. The summed E-state index contributed by atoms with van der Waals surface area (Å²) in [5.41, 5.74) is 0. The van der Waals surface area contributed by atoms with E-state index >= 15 is 0 Å². The zero-order chi connectivity index (χ0) is 10.6. The highest BCUT2D eigenvalue weighted by molar-refractivity contribution is 8.09. The normalized spacial score (nSPS) is 21.6. The van der Waals surface area contributed by atoms with Crippen molar-refractivity contribution in [2.75, 3.05) is 19.4 Å². The molecule has 1 aliphatic heterocycles. The summed E-state index contributed by atoms with van der Waals surface area (Å²) in [5, 5.41) is 0. The van der Waals surface area contributed by atoms with Gasteiger partial charge in [0.1, 0.15) is 6.10 Å². The Labute approximate surface area is 89.1 Å². The third-order valence-corrected chi connectivity index (χ3v) is 5.01. The van der Waals surface area contributed by atoms with Crippen LogP contribution in [-0.4, -0.2) is 31.4 Å². The first-order chi connectivity index (χ1) is 6.59. The summed E-state index contributed by atoms with van der Waals surface area (Å²) in [6.45, 7) is 2.63. The molecule has 0 aliphatic carbocycles. The van der Waals surface area contributed by atoms with Gasteiger partial charge in [-0.15, -0.1) is 0 Å². The van der Waals surface area contributed by atoms with Crippen LogP contribution in [0.4, 0.5) is 0 Å². The van der Waals surface area contributed by atoms with Gasteiger partial charge in [0, 0.05) is 0 Å². The second-order valence-electron chi connectivity index (χ2n) is 2.95. The van der Waals surface area contributed by atoms with E-state index < -0.39 is 6.49 Å². The highest BCUT2D eigenvalue weighted by Crippen LogP contribution is 2.50. The molecular formula is C8H15O4PS. The van der Waals surface area contributed by atoms with Crippen LogP contribution in [0.25, 0.3) is 0 Å².